The van der Waals surface area contributed by atoms with E-state index in [1.54, 1.807) is 13.2 Å². The van der Waals surface area contributed by atoms with Gasteiger partial charge in [-0.05, 0) is 71.6 Å². The average molecular weight is 559 g/mol. The number of carbonyl (C=O) groups is 1. The van der Waals surface area contributed by atoms with Gasteiger partial charge in [-0.1, -0.05) is 48.5 Å². The van der Waals surface area contributed by atoms with Crippen molar-refractivity contribution in [1.29, 1.82) is 0 Å². The molecule has 41 heavy (non-hydrogen) atoms. The zero-order chi connectivity index (χ0) is 29.0. The minimum absolute atomic E-state index is 0.188. The summed E-state index contributed by atoms with van der Waals surface area (Å²) >= 11 is 0. The maximum atomic E-state index is 13.1. The van der Waals surface area contributed by atoms with Gasteiger partial charge in [0.05, 0.1) is 12.8 Å². The van der Waals surface area contributed by atoms with Crippen molar-refractivity contribution >= 4 is 5.91 Å². The Bertz CT molecular complexity index is 1660. The molecule has 0 radical (unpaired) electrons. The molecule has 0 aliphatic carbocycles. The summed E-state index contributed by atoms with van der Waals surface area (Å²) in [7, 11) is 1.62. The highest BCUT2D eigenvalue weighted by Crippen LogP contribution is 2.30. The summed E-state index contributed by atoms with van der Waals surface area (Å²) in [5.74, 6) is 0.697. The minimum atomic E-state index is -4.75. The number of ether oxygens (including phenoxy) is 2. The monoisotopic (exact) mass is 558 g/mol. The Balaban J connectivity index is 1.24. The van der Waals surface area contributed by atoms with Crippen molar-refractivity contribution in [2.45, 2.75) is 19.8 Å². The second-order valence-electron chi connectivity index (χ2n) is 9.16. The largest absolute Gasteiger partial charge is 0.573 e. The van der Waals surface area contributed by atoms with E-state index < -0.39 is 6.36 Å². The van der Waals surface area contributed by atoms with Gasteiger partial charge in [0.2, 0.25) is 0 Å². The van der Waals surface area contributed by atoms with E-state index in [-0.39, 0.29) is 11.7 Å². The van der Waals surface area contributed by atoms with Crippen LogP contribution in [0.15, 0.2) is 97.3 Å². The fraction of sp³-hybridized carbons (Fsp3) is 0.129. The average Bonchev–Trinajstić information content (AvgIpc) is 3.46. The quantitative estimate of drug-likeness (QED) is 0.228. The van der Waals surface area contributed by atoms with Gasteiger partial charge >= 0.3 is 6.36 Å². The van der Waals surface area contributed by atoms with Crippen molar-refractivity contribution in [2.24, 2.45) is 0 Å². The number of methoxy groups -OCH3 is 1. The predicted octanol–water partition coefficient (Wildman–Crippen LogP) is 6.75. The Kier molecular flexibility index (Phi) is 7.73. The highest BCUT2D eigenvalue weighted by atomic mass is 19.4. The Hall–Kier alpha value is -5.12. The first kappa shape index (κ1) is 27.4. The first-order valence-corrected chi connectivity index (χ1v) is 12.6. The van der Waals surface area contributed by atoms with Gasteiger partial charge in [-0.3, -0.25) is 4.79 Å². The van der Waals surface area contributed by atoms with Gasteiger partial charge in [-0.2, -0.15) is 0 Å². The molecule has 0 fully saturated rings. The number of benzene rings is 4. The molecule has 0 aliphatic rings. The third kappa shape index (κ3) is 6.55. The number of nitrogens with one attached hydrogen (secondary N) is 1. The zero-order valence-corrected chi connectivity index (χ0v) is 22.1. The Morgan fingerprint density at radius 1 is 0.902 bits per heavy atom. The molecule has 0 bridgehead atoms. The molecule has 1 amide bonds. The third-order valence-electron chi connectivity index (χ3n) is 6.39. The van der Waals surface area contributed by atoms with Gasteiger partial charge in [0.25, 0.3) is 5.91 Å². The molecule has 1 heterocycles. The molecule has 0 spiro atoms. The number of hydrogen-bond acceptors (Lipinski definition) is 5. The molecule has 0 atom stereocenters. The highest BCUT2D eigenvalue weighted by molar-refractivity contribution is 6.01. The summed E-state index contributed by atoms with van der Waals surface area (Å²) in [5.41, 5.74) is 5.54. The van der Waals surface area contributed by atoms with Crippen LogP contribution in [0.2, 0.25) is 0 Å². The second kappa shape index (κ2) is 11.5. The van der Waals surface area contributed by atoms with Crippen LogP contribution in [0.25, 0.3) is 28.2 Å². The fourth-order valence-electron chi connectivity index (χ4n) is 4.35. The number of halogens is 3. The highest BCUT2D eigenvalue weighted by Gasteiger charge is 2.31. The van der Waals surface area contributed by atoms with Crippen LogP contribution in [0.3, 0.4) is 0 Å². The molecule has 7 nitrogen and oxygen atoms in total. The maximum Gasteiger partial charge on any atom is 0.573 e. The number of aryl methyl sites for hydroxylation is 1. The summed E-state index contributed by atoms with van der Waals surface area (Å²) in [4.78, 5) is 17.4. The number of rotatable bonds is 8. The summed E-state index contributed by atoms with van der Waals surface area (Å²) in [5, 5.41) is 7.41. The van der Waals surface area contributed by atoms with Crippen LogP contribution in [-0.4, -0.2) is 34.1 Å². The van der Waals surface area contributed by atoms with Crippen molar-refractivity contribution in [3.8, 4) is 39.7 Å². The second-order valence-corrected chi connectivity index (χ2v) is 9.16. The molecule has 0 unspecified atom stereocenters. The van der Waals surface area contributed by atoms with Gasteiger partial charge in [-0.15, -0.1) is 18.3 Å². The van der Waals surface area contributed by atoms with E-state index in [0.29, 0.717) is 23.6 Å². The first-order chi connectivity index (χ1) is 19.7. The van der Waals surface area contributed by atoms with Crippen molar-refractivity contribution in [1.82, 2.24) is 20.1 Å². The van der Waals surface area contributed by atoms with E-state index in [2.05, 4.69) is 20.1 Å². The van der Waals surface area contributed by atoms with Gasteiger partial charge in [-0.25, -0.2) is 9.67 Å². The maximum absolute atomic E-state index is 13.1. The summed E-state index contributed by atoms with van der Waals surface area (Å²) in [6.45, 7) is 2.30. The number of nitrogens with zero attached hydrogens (tertiary/aromatic N) is 3. The van der Waals surface area contributed by atoms with Crippen LogP contribution in [0.1, 0.15) is 21.5 Å². The standard InChI is InChI=1S/C31H25F3N4O3/c1-20-17-25(40-2)15-16-26(20)27-5-3-4-6-28(27)30(39)35-18-21-7-9-22(10-8-21)29-36-19-38(37-29)23-11-13-24(14-12-23)41-31(32,33)34/h3-17,19H,18H2,1-2H3,(H,35,39). The zero-order valence-electron chi connectivity index (χ0n) is 22.1. The smallest absolute Gasteiger partial charge is 0.497 e. The van der Waals surface area contributed by atoms with E-state index in [0.717, 1.165) is 33.6 Å². The Morgan fingerprint density at radius 3 is 2.29 bits per heavy atom. The minimum Gasteiger partial charge on any atom is -0.497 e. The van der Waals surface area contributed by atoms with Crippen LogP contribution in [-0.2, 0) is 6.54 Å². The molecular weight excluding hydrogens is 533 g/mol. The SMILES string of the molecule is COc1ccc(-c2ccccc2C(=O)NCc2ccc(-c3ncn(-c4ccc(OC(F)(F)F)cc4)n3)cc2)c(C)c1. The molecule has 10 heteroatoms. The molecule has 1 aromatic heterocycles. The topological polar surface area (TPSA) is 78.3 Å². The number of hydrogen-bond donors (Lipinski definition) is 1. The Morgan fingerprint density at radius 2 is 1.61 bits per heavy atom. The Labute approximate surface area is 234 Å². The number of aromatic nitrogens is 3. The molecule has 208 valence electrons. The van der Waals surface area contributed by atoms with Gasteiger partial charge in [0, 0.05) is 17.7 Å². The van der Waals surface area contributed by atoms with Crippen LogP contribution in [0.5, 0.6) is 11.5 Å². The molecule has 5 aromatic rings. The number of amides is 1. The molecule has 0 aliphatic heterocycles. The summed E-state index contributed by atoms with van der Waals surface area (Å²) in [6, 6.07) is 26.0. The molecule has 5 rings (SSSR count). The van der Waals surface area contributed by atoms with E-state index in [9.17, 15) is 18.0 Å². The van der Waals surface area contributed by atoms with Crippen LogP contribution in [0.4, 0.5) is 13.2 Å². The molecule has 1 N–H and O–H groups in total. The third-order valence-corrected chi connectivity index (χ3v) is 6.39. The molecule has 0 saturated heterocycles. The lowest BCUT2D eigenvalue weighted by molar-refractivity contribution is -0.274. The predicted molar refractivity (Wildman–Crippen MR) is 148 cm³/mol. The van der Waals surface area contributed by atoms with Crippen molar-refractivity contribution in [2.75, 3.05) is 7.11 Å². The van der Waals surface area contributed by atoms with E-state index >= 15 is 0 Å². The van der Waals surface area contributed by atoms with Gasteiger partial charge in [0.15, 0.2) is 5.82 Å². The fourth-order valence-corrected chi connectivity index (χ4v) is 4.35. The van der Waals surface area contributed by atoms with Crippen LogP contribution in [0, 0.1) is 6.92 Å². The summed E-state index contributed by atoms with van der Waals surface area (Å²) < 4.78 is 47.8. The number of alkyl halides is 3. The first-order valence-electron chi connectivity index (χ1n) is 12.6. The van der Waals surface area contributed by atoms with Crippen molar-refractivity contribution in [3.05, 3.63) is 114 Å². The lowest BCUT2D eigenvalue weighted by atomic mass is 9.95. The normalized spacial score (nSPS) is 11.2. The van der Waals surface area contributed by atoms with E-state index in [4.69, 9.17) is 4.74 Å². The van der Waals surface area contributed by atoms with E-state index in [1.807, 2.05) is 67.6 Å². The van der Waals surface area contributed by atoms with Gasteiger partial charge < -0.3 is 14.8 Å². The van der Waals surface area contributed by atoms with Crippen molar-refractivity contribution in [3.63, 3.8) is 0 Å². The lowest BCUT2D eigenvalue weighted by Gasteiger charge is -2.13. The molecule has 4 aromatic carbocycles. The molecular formula is C31H25F3N4O3. The lowest BCUT2D eigenvalue weighted by Crippen LogP contribution is -2.23. The van der Waals surface area contributed by atoms with Crippen LogP contribution < -0.4 is 14.8 Å². The van der Waals surface area contributed by atoms with Crippen LogP contribution >= 0.6 is 0 Å². The van der Waals surface area contributed by atoms with Gasteiger partial charge in [0.1, 0.15) is 17.8 Å². The van der Waals surface area contributed by atoms with E-state index in [1.165, 1.54) is 35.3 Å². The number of carbonyl (C=O) groups excluding carboxylic acids is 1. The molecule has 0 saturated carbocycles. The summed E-state index contributed by atoms with van der Waals surface area (Å²) in [6.07, 6.45) is -3.27. The van der Waals surface area contributed by atoms with Crippen molar-refractivity contribution < 1.29 is 27.4 Å².